The van der Waals surface area contributed by atoms with Crippen molar-refractivity contribution in [2.75, 3.05) is 0 Å². The summed E-state index contributed by atoms with van der Waals surface area (Å²) >= 11 is 0. The van der Waals surface area contributed by atoms with E-state index in [4.69, 9.17) is 5.73 Å². The first-order chi connectivity index (χ1) is 7.79. The average molecular weight is 237 g/mol. The fraction of sp³-hybridized carbons (Fsp3) is 0.600. The summed E-state index contributed by atoms with van der Waals surface area (Å²) in [6.07, 6.45) is 1.82. The van der Waals surface area contributed by atoms with E-state index < -0.39 is 0 Å². The van der Waals surface area contributed by atoms with Gasteiger partial charge in [-0.05, 0) is 41.9 Å². The second kappa shape index (κ2) is 5.63. The summed E-state index contributed by atoms with van der Waals surface area (Å²) in [5, 5.41) is 0. The van der Waals surface area contributed by atoms with Crippen LogP contribution in [-0.2, 0) is 6.42 Å². The van der Waals surface area contributed by atoms with Crippen LogP contribution in [-0.4, -0.2) is 6.04 Å². The van der Waals surface area contributed by atoms with Crippen molar-refractivity contribution in [3.63, 3.8) is 0 Å². The van der Waals surface area contributed by atoms with Crippen LogP contribution in [0.5, 0.6) is 0 Å². The lowest BCUT2D eigenvalue weighted by atomic mass is 9.78. The summed E-state index contributed by atoms with van der Waals surface area (Å²) in [7, 11) is 0. The van der Waals surface area contributed by atoms with Gasteiger partial charge in [-0.2, -0.15) is 0 Å². The quantitative estimate of drug-likeness (QED) is 0.847. The zero-order chi connectivity index (χ0) is 13.1. The second-order valence-corrected chi connectivity index (χ2v) is 6.09. The van der Waals surface area contributed by atoms with Crippen molar-refractivity contribution in [1.29, 1.82) is 0 Å². The summed E-state index contributed by atoms with van der Waals surface area (Å²) in [6.45, 7) is 8.96. The van der Waals surface area contributed by atoms with Gasteiger partial charge in [0.2, 0.25) is 0 Å². The van der Waals surface area contributed by atoms with Crippen molar-refractivity contribution < 1.29 is 4.39 Å². The molecule has 0 aliphatic carbocycles. The molecule has 0 saturated heterocycles. The topological polar surface area (TPSA) is 26.0 Å². The molecule has 2 atom stereocenters. The van der Waals surface area contributed by atoms with E-state index in [1.807, 2.05) is 12.1 Å². The van der Waals surface area contributed by atoms with Gasteiger partial charge in [0.1, 0.15) is 5.82 Å². The van der Waals surface area contributed by atoms with Gasteiger partial charge in [0.05, 0.1) is 0 Å². The second-order valence-electron chi connectivity index (χ2n) is 6.09. The Bertz CT molecular complexity index is 337. The number of hydrogen-bond donors (Lipinski definition) is 1. The van der Waals surface area contributed by atoms with Crippen LogP contribution >= 0.6 is 0 Å². The van der Waals surface area contributed by atoms with E-state index in [0.29, 0.717) is 11.3 Å². The summed E-state index contributed by atoms with van der Waals surface area (Å²) < 4.78 is 12.8. The van der Waals surface area contributed by atoms with Gasteiger partial charge in [0.25, 0.3) is 0 Å². The average Bonchev–Trinajstić information content (AvgIpc) is 2.20. The van der Waals surface area contributed by atoms with Crippen molar-refractivity contribution in [2.45, 2.75) is 46.6 Å². The summed E-state index contributed by atoms with van der Waals surface area (Å²) in [4.78, 5) is 0. The molecule has 96 valence electrons. The maximum absolute atomic E-state index is 12.8. The van der Waals surface area contributed by atoms with Crippen LogP contribution in [0.1, 0.15) is 39.7 Å². The van der Waals surface area contributed by atoms with E-state index in [2.05, 4.69) is 27.7 Å². The molecular weight excluding hydrogens is 213 g/mol. The number of hydrogen-bond acceptors (Lipinski definition) is 1. The highest BCUT2D eigenvalue weighted by Crippen LogP contribution is 2.29. The Kier molecular flexibility index (Phi) is 4.70. The molecule has 1 nitrogen and oxygen atoms in total. The van der Waals surface area contributed by atoms with E-state index in [0.717, 1.165) is 18.4 Å². The molecule has 0 spiro atoms. The van der Waals surface area contributed by atoms with E-state index in [9.17, 15) is 4.39 Å². The molecule has 0 aliphatic heterocycles. The number of nitrogens with two attached hydrogens (primary N) is 1. The maximum atomic E-state index is 12.8. The lowest BCUT2D eigenvalue weighted by molar-refractivity contribution is 0.233. The monoisotopic (exact) mass is 237 g/mol. The fourth-order valence-electron chi connectivity index (χ4n) is 1.81. The molecule has 2 heteroatoms. The third-order valence-corrected chi connectivity index (χ3v) is 3.55. The first-order valence-electron chi connectivity index (χ1n) is 6.29. The first-order valence-corrected chi connectivity index (χ1v) is 6.29. The summed E-state index contributed by atoms with van der Waals surface area (Å²) in [6, 6.07) is 6.77. The van der Waals surface area contributed by atoms with Crippen LogP contribution in [0, 0.1) is 17.2 Å². The van der Waals surface area contributed by atoms with E-state index in [1.165, 1.54) is 12.1 Å². The largest absolute Gasteiger partial charge is 0.327 e. The third kappa shape index (κ3) is 4.86. The molecule has 1 aromatic carbocycles. The van der Waals surface area contributed by atoms with Crippen LogP contribution in [0.2, 0.25) is 0 Å². The lowest BCUT2D eigenvalue weighted by Crippen LogP contribution is -2.30. The summed E-state index contributed by atoms with van der Waals surface area (Å²) in [5.41, 5.74) is 7.55. The van der Waals surface area contributed by atoms with Gasteiger partial charge in [-0.1, -0.05) is 39.8 Å². The van der Waals surface area contributed by atoms with Gasteiger partial charge in [0, 0.05) is 6.04 Å². The predicted molar refractivity (Wildman–Crippen MR) is 71.3 cm³/mol. The van der Waals surface area contributed by atoms with Crippen molar-refractivity contribution >= 4 is 0 Å². The number of halogens is 1. The van der Waals surface area contributed by atoms with Gasteiger partial charge >= 0.3 is 0 Å². The minimum absolute atomic E-state index is 0.148. The van der Waals surface area contributed by atoms with Gasteiger partial charge in [-0.15, -0.1) is 0 Å². The lowest BCUT2D eigenvalue weighted by Gasteiger charge is -2.29. The Morgan fingerprint density at radius 3 is 2.18 bits per heavy atom. The molecule has 0 saturated carbocycles. The van der Waals surface area contributed by atoms with Crippen LogP contribution in [0.4, 0.5) is 4.39 Å². The van der Waals surface area contributed by atoms with Crippen molar-refractivity contribution in [1.82, 2.24) is 0 Å². The zero-order valence-electron chi connectivity index (χ0n) is 11.3. The van der Waals surface area contributed by atoms with Crippen molar-refractivity contribution in [2.24, 2.45) is 17.1 Å². The Morgan fingerprint density at radius 2 is 1.71 bits per heavy atom. The van der Waals surface area contributed by atoms with Crippen LogP contribution in [0.15, 0.2) is 24.3 Å². The number of rotatable bonds is 4. The molecule has 0 fully saturated rings. The molecule has 1 rings (SSSR count). The Hall–Kier alpha value is -0.890. The molecular formula is C15H24FN. The molecule has 2 N–H and O–H groups in total. The molecule has 1 aromatic rings. The highest BCUT2D eigenvalue weighted by molar-refractivity contribution is 5.17. The van der Waals surface area contributed by atoms with E-state index in [1.54, 1.807) is 0 Å². The third-order valence-electron chi connectivity index (χ3n) is 3.55. The summed E-state index contributed by atoms with van der Waals surface area (Å²) in [5.74, 6) is 0.392. The van der Waals surface area contributed by atoms with Crippen LogP contribution in [0.3, 0.4) is 0 Å². The van der Waals surface area contributed by atoms with Crippen molar-refractivity contribution in [3.05, 3.63) is 35.6 Å². The van der Waals surface area contributed by atoms with Gasteiger partial charge in [-0.3, -0.25) is 0 Å². The molecule has 2 unspecified atom stereocenters. The van der Waals surface area contributed by atoms with E-state index in [-0.39, 0.29) is 11.9 Å². The van der Waals surface area contributed by atoms with Gasteiger partial charge < -0.3 is 5.73 Å². The highest BCUT2D eigenvalue weighted by atomic mass is 19.1. The standard InChI is InChI=1S/C15H24FN/c1-11(15(2,3)4)9-14(17)10-12-5-7-13(16)8-6-12/h5-8,11,14H,9-10,17H2,1-4H3. The minimum atomic E-state index is -0.189. The zero-order valence-corrected chi connectivity index (χ0v) is 11.3. The highest BCUT2D eigenvalue weighted by Gasteiger charge is 2.22. The Morgan fingerprint density at radius 1 is 1.18 bits per heavy atom. The van der Waals surface area contributed by atoms with Crippen molar-refractivity contribution in [3.8, 4) is 0 Å². The SMILES string of the molecule is CC(CC(N)Cc1ccc(F)cc1)C(C)(C)C. The molecule has 0 amide bonds. The normalized spacial score (nSPS) is 15.6. The van der Waals surface area contributed by atoms with Gasteiger partial charge in [-0.25, -0.2) is 4.39 Å². The van der Waals surface area contributed by atoms with Crippen LogP contribution < -0.4 is 5.73 Å². The smallest absolute Gasteiger partial charge is 0.123 e. The molecule has 0 radical (unpaired) electrons. The molecule has 17 heavy (non-hydrogen) atoms. The Labute approximate surface area is 104 Å². The predicted octanol–water partition coefficient (Wildman–Crippen LogP) is 3.77. The first kappa shape index (κ1) is 14.2. The minimum Gasteiger partial charge on any atom is -0.327 e. The van der Waals surface area contributed by atoms with Gasteiger partial charge in [0.15, 0.2) is 0 Å². The van der Waals surface area contributed by atoms with E-state index >= 15 is 0 Å². The maximum Gasteiger partial charge on any atom is 0.123 e. The molecule has 0 aromatic heterocycles. The molecule has 0 heterocycles. The Balaban J connectivity index is 2.50. The fourth-order valence-corrected chi connectivity index (χ4v) is 1.81. The molecule has 0 bridgehead atoms. The number of benzene rings is 1. The molecule has 0 aliphatic rings. The van der Waals surface area contributed by atoms with Crippen LogP contribution in [0.25, 0.3) is 0 Å².